The fraction of sp³-hybridized carbons (Fsp3) is 0.571. The van der Waals surface area contributed by atoms with Gasteiger partial charge in [-0.3, -0.25) is 0 Å². The minimum absolute atomic E-state index is 0.183. The van der Waals surface area contributed by atoms with E-state index < -0.39 is 0 Å². The van der Waals surface area contributed by atoms with Gasteiger partial charge in [0.15, 0.2) is 6.29 Å². The number of hydrogen-bond donors (Lipinski definition) is 1. The molecule has 0 aliphatic carbocycles. The zero-order valence-electron chi connectivity index (χ0n) is 11.6. The molecule has 0 amide bonds. The molecule has 4 heteroatoms. The molecule has 0 bridgehead atoms. The molecule has 0 saturated heterocycles. The van der Waals surface area contributed by atoms with E-state index in [0.29, 0.717) is 0 Å². The second-order valence-corrected chi connectivity index (χ2v) is 4.12. The van der Waals surface area contributed by atoms with Gasteiger partial charge in [-0.1, -0.05) is 12.1 Å². The summed E-state index contributed by atoms with van der Waals surface area (Å²) in [6, 6.07) is 8.31. The Labute approximate surface area is 109 Å². The molecule has 4 nitrogen and oxygen atoms in total. The number of hydrogen-bond acceptors (Lipinski definition) is 4. The first-order chi connectivity index (χ1) is 8.74. The van der Waals surface area contributed by atoms with E-state index in [1.165, 1.54) is 5.56 Å². The maximum atomic E-state index is 5.27. The predicted molar refractivity (Wildman–Crippen MR) is 72.0 cm³/mol. The molecular formula is C14H23NO3. The third-order valence-corrected chi connectivity index (χ3v) is 3.07. The minimum atomic E-state index is -0.215. The predicted octanol–water partition coefficient (Wildman–Crippen LogP) is 1.83. The van der Waals surface area contributed by atoms with Crippen molar-refractivity contribution in [3.8, 4) is 5.75 Å². The van der Waals surface area contributed by atoms with Gasteiger partial charge in [-0.15, -0.1) is 0 Å². The van der Waals surface area contributed by atoms with Gasteiger partial charge >= 0.3 is 0 Å². The van der Waals surface area contributed by atoms with Crippen molar-refractivity contribution in [2.45, 2.75) is 25.2 Å². The number of nitrogens with one attached hydrogen (secondary N) is 1. The van der Waals surface area contributed by atoms with Crippen molar-refractivity contribution >= 4 is 0 Å². The molecule has 1 aromatic carbocycles. The average molecular weight is 253 g/mol. The van der Waals surface area contributed by atoms with E-state index in [4.69, 9.17) is 14.2 Å². The smallest absolute Gasteiger partial charge is 0.171 e. The standard InChI is InChI=1S/C14H23NO3/c1-15-13(14(17-3)18-4)10-7-11-5-8-12(16-2)9-6-11/h5-6,8-9,13-15H,7,10H2,1-4H3. The van der Waals surface area contributed by atoms with Gasteiger partial charge < -0.3 is 19.5 Å². The zero-order chi connectivity index (χ0) is 13.4. The summed E-state index contributed by atoms with van der Waals surface area (Å²) in [6.07, 6.45) is 1.71. The number of benzene rings is 1. The number of likely N-dealkylation sites (N-methyl/N-ethyl adjacent to an activating group) is 1. The molecule has 0 heterocycles. The zero-order valence-corrected chi connectivity index (χ0v) is 11.6. The number of methoxy groups -OCH3 is 3. The van der Waals surface area contributed by atoms with Crippen LogP contribution in [-0.2, 0) is 15.9 Å². The normalized spacial score (nSPS) is 12.7. The Morgan fingerprint density at radius 1 is 1.06 bits per heavy atom. The maximum absolute atomic E-state index is 5.27. The minimum Gasteiger partial charge on any atom is -0.497 e. The Balaban J connectivity index is 2.51. The summed E-state index contributed by atoms with van der Waals surface area (Å²) in [6.45, 7) is 0. The highest BCUT2D eigenvalue weighted by Gasteiger charge is 2.18. The van der Waals surface area contributed by atoms with Crippen LogP contribution in [0.15, 0.2) is 24.3 Å². The lowest BCUT2D eigenvalue weighted by Gasteiger charge is -2.24. The van der Waals surface area contributed by atoms with Gasteiger partial charge in [0.05, 0.1) is 13.2 Å². The number of aryl methyl sites for hydroxylation is 1. The van der Waals surface area contributed by atoms with Crippen LogP contribution in [-0.4, -0.2) is 40.7 Å². The summed E-state index contributed by atoms with van der Waals surface area (Å²) >= 11 is 0. The molecule has 1 rings (SSSR count). The van der Waals surface area contributed by atoms with Gasteiger partial charge in [0.2, 0.25) is 0 Å². The van der Waals surface area contributed by atoms with Crippen LogP contribution in [0, 0.1) is 0 Å². The van der Waals surface area contributed by atoms with Crippen molar-refractivity contribution in [1.29, 1.82) is 0 Å². The average Bonchev–Trinajstić information content (AvgIpc) is 2.44. The molecule has 0 fully saturated rings. The molecule has 1 N–H and O–H groups in total. The molecule has 0 saturated carbocycles. The van der Waals surface area contributed by atoms with Crippen molar-refractivity contribution in [3.05, 3.63) is 29.8 Å². The summed E-state index contributed by atoms with van der Waals surface area (Å²) in [4.78, 5) is 0. The Morgan fingerprint density at radius 3 is 2.11 bits per heavy atom. The van der Waals surface area contributed by atoms with Gasteiger partial charge in [-0.05, 0) is 37.6 Å². The first-order valence-corrected chi connectivity index (χ1v) is 6.11. The van der Waals surface area contributed by atoms with Gasteiger partial charge in [0, 0.05) is 14.2 Å². The summed E-state index contributed by atoms with van der Waals surface area (Å²) in [5, 5.41) is 3.22. The van der Waals surface area contributed by atoms with Crippen molar-refractivity contribution in [3.63, 3.8) is 0 Å². The van der Waals surface area contributed by atoms with Crippen LogP contribution in [0.2, 0.25) is 0 Å². The lowest BCUT2D eigenvalue weighted by Crippen LogP contribution is -2.40. The van der Waals surface area contributed by atoms with E-state index >= 15 is 0 Å². The summed E-state index contributed by atoms with van der Waals surface area (Å²) < 4.78 is 15.7. The van der Waals surface area contributed by atoms with E-state index in [9.17, 15) is 0 Å². The molecule has 1 atom stereocenters. The van der Waals surface area contributed by atoms with Crippen molar-refractivity contribution in [1.82, 2.24) is 5.32 Å². The van der Waals surface area contributed by atoms with Gasteiger partial charge in [0.25, 0.3) is 0 Å². The fourth-order valence-electron chi connectivity index (χ4n) is 1.96. The van der Waals surface area contributed by atoms with Crippen LogP contribution < -0.4 is 10.1 Å². The van der Waals surface area contributed by atoms with Crippen molar-refractivity contribution in [2.75, 3.05) is 28.4 Å². The van der Waals surface area contributed by atoms with Crippen LogP contribution in [0.25, 0.3) is 0 Å². The molecule has 0 aliphatic heterocycles. The summed E-state index contributed by atoms with van der Waals surface area (Å²) in [7, 11) is 6.91. The third kappa shape index (κ3) is 4.29. The third-order valence-electron chi connectivity index (χ3n) is 3.07. The second kappa shape index (κ2) is 8.08. The van der Waals surface area contributed by atoms with Gasteiger partial charge in [0.1, 0.15) is 5.75 Å². The molecule has 1 aromatic rings. The molecule has 0 spiro atoms. The lowest BCUT2D eigenvalue weighted by molar-refractivity contribution is -0.122. The molecule has 1 unspecified atom stereocenters. The van der Waals surface area contributed by atoms with E-state index in [1.54, 1.807) is 21.3 Å². The van der Waals surface area contributed by atoms with Crippen LogP contribution in [0.5, 0.6) is 5.75 Å². The quantitative estimate of drug-likeness (QED) is 0.718. The van der Waals surface area contributed by atoms with E-state index in [0.717, 1.165) is 18.6 Å². The Hall–Kier alpha value is -1.10. The Morgan fingerprint density at radius 2 is 1.67 bits per heavy atom. The molecule has 102 valence electrons. The highest BCUT2D eigenvalue weighted by atomic mass is 16.7. The first-order valence-electron chi connectivity index (χ1n) is 6.11. The Bertz CT molecular complexity index is 322. The van der Waals surface area contributed by atoms with E-state index in [1.807, 2.05) is 19.2 Å². The van der Waals surface area contributed by atoms with Crippen molar-refractivity contribution < 1.29 is 14.2 Å². The fourth-order valence-corrected chi connectivity index (χ4v) is 1.96. The van der Waals surface area contributed by atoms with E-state index in [-0.39, 0.29) is 12.3 Å². The Kier molecular flexibility index (Phi) is 6.72. The van der Waals surface area contributed by atoms with Gasteiger partial charge in [-0.2, -0.15) is 0 Å². The van der Waals surface area contributed by atoms with Gasteiger partial charge in [-0.25, -0.2) is 0 Å². The van der Waals surface area contributed by atoms with Crippen LogP contribution in [0.1, 0.15) is 12.0 Å². The number of rotatable bonds is 8. The molecule has 0 aromatic heterocycles. The monoisotopic (exact) mass is 253 g/mol. The highest BCUT2D eigenvalue weighted by Crippen LogP contribution is 2.14. The first kappa shape index (κ1) is 15.0. The summed E-state index contributed by atoms with van der Waals surface area (Å²) in [5.41, 5.74) is 1.28. The number of ether oxygens (including phenoxy) is 3. The maximum Gasteiger partial charge on any atom is 0.171 e. The highest BCUT2D eigenvalue weighted by molar-refractivity contribution is 5.27. The molecule has 18 heavy (non-hydrogen) atoms. The van der Waals surface area contributed by atoms with Crippen LogP contribution in [0.4, 0.5) is 0 Å². The SMILES string of the molecule is CNC(CCc1ccc(OC)cc1)C(OC)OC. The van der Waals surface area contributed by atoms with E-state index in [2.05, 4.69) is 17.4 Å². The molecular weight excluding hydrogens is 230 g/mol. The summed E-state index contributed by atoms with van der Waals surface area (Å²) in [5.74, 6) is 0.885. The van der Waals surface area contributed by atoms with Crippen LogP contribution in [0.3, 0.4) is 0 Å². The lowest BCUT2D eigenvalue weighted by atomic mass is 10.0. The molecule has 0 radical (unpaired) electrons. The second-order valence-electron chi connectivity index (χ2n) is 4.12. The van der Waals surface area contributed by atoms with Crippen molar-refractivity contribution in [2.24, 2.45) is 0 Å². The molecule has 0 aliphatic rings. The van der Waals surface area contributed by atoms with Crippen LogP contribution >= 0.6 is 0 Å². The topological polar surface area (TPSA) is 39.7 Å². The largest absolute Gasteiger partial charge is 0.497 e.